The highest BCUT2D eigenvalue weighted by atomic mass is 32.2. The van der Waals surface area contributed by atoms with E-state index in [1.807, 2.05) is 0 Å². The molecule has 1 aromatic carbocycles. The van der Waals surface area contributed by atoms with Gasteiger partial charge < -0.3 is 5.11 Å². The topological polar surface area (TPSA) is 110 Å². The van der Waals surface area contributed by atoms with Crippen LogP contribution in [0.2, 0.25) is 0 Å². The van der Waals surface area contributed by atoms with Crippen molar-refractivity contribution in [1.82, 2.24) is 4.72 Å². The summed E-state index contributed by atoms with van der Waals surface area (Å²) in [5.74, 6) is -1.19. The SMILES string of the molecule is CC1(C)C(O)CC1NS(=O)(=O)c1ccc([N+](=O)[O-])cc1F. The molecule has 0 saturated heterocycles. The molecule has 1 aromatic rings. The second-order valence-electron chi connectivity index (χ2n) is 5.62. The normalized spacial score (nSPS) is 24.4. The van der Waals surface area contributed by atoms with Crippen molar-refractivity contribution in [2.45, 2.75) is 37.3 Å². The third-order valence-electron chi connectivity index (χ3n) is 3.93. The van der Waals surface area contributed by atoms with Crippen molar-refractivity contribution in [1.29, 1.82) is 0 Å². The molecule has 2 unspecified atom stereocenters. The van der Waals surface area contributed by atoms with Crippen LogP contribution in [0, 0.1) is 21.3 Å². The van der Waals surface area contributed by atoms with Gasteiger partial charge in [-0.3, -0.25) is 10.1 Å². The summed E-state index contributed by atoms with van der Waals surface area (Å²) in [6.07, 6.45) is -0.396. The number of nitro groups is 1. The molecular formula is C12H15FN2O5S. The number of nitrogens with zero attached hydrogens (tertiary/aromatic N) is 1. The fraction of sp³-hybridized carbons (Fsp3) is 0.500. The zero-order valence-corrected chi connectivity index (χ0v) is 12.2. The highest BCUT2D eigenvalue weighted by Gasteiger charge is 2.49. The number of hydrogen-bond donors (Lipinski definition) is 2. The average Bonchev–Trinajstić information content (AvgIpc) is 2.37. The minimum absolute atomic E-state index is 0.237. The van der Waals surface area contributed by atoms with E-state index in [0.29, 0.717) is 6.07 Å². The summed E-state index contributed by atoms with van der Waals surface area (Å²) in [4.78, 5) is 9.06. The zero-order chi connectivity index (χ0) is 16.0. The molecule has 2 atom stereocenters. The van der Waals surface area contributed by atoms with Crippen LogP contribution in [0.15, 0.2) is 23.1 Å². The van der Waals surface area contributed by atoms with E-state index < -0.39 is 48.9 Å². The van der Waals surface area contributed by atoms with Gasteiger partial charge in [-0.2, -0.15) is 0 Å². The summed E-state index contributed by atoms with van der Waals surface area (Å²) in [5, 5.41) is 20.1. The molecule has 1 saturated carbocycles. The summed E-state index contributed by atoms with van der Waals surface area (Å²) in [6, 6.07) is 1.83. The maximum absolute atomic E-state index is 13.8. The summed E-state index contributed by atoms with van der Waals surface area (Å²) < 4.78 is 40.4. The van der Waals surface area contributed by atoms with Crippen molar-refractivity contribution in [3.05, 3.63) is 34.1 Å². The quantitative estimate of drug-likeness (QED) is 0.640. The number of benzene rings is 1. The lowest BCUT2D eigenvalue weighted by atomic mass is 9.65. The van der Waals surface area contributed by atoms with Crippen molar-refractivity contribution >= 4 is 15.7 Å². The number of aliphatic hydroxyl groups is 1. The molecule has 0 radical (unpaired) electrons. The highest BCUT2D eigenvalue weighted by Crippen LogP contribution is 2.41. The number of aliphatic hydroxyl groups excluding tert-OH is 1. The first-order valence-electron chi connectivity index (χ1n) is 6.20. The van der Waals surface area contributed by atoms with Crippen LogP contribution in [0.3, 0.4) is 0 Å². The largest absolute Gasteiger partial charge is 0.392 e. The Morgan fingerprint density at radius 1 is 1.48 bits per heavy atom. The molecule has 2 rings (SSSR count). The van der Waals surface area contributed by atoms with Gasteiger partial charge in [0.25, 0.3) is 5.69 Å². The molecule has 0 amide bonds. The lowest BCUT2D eigenvalue weighted by molar-refractivity contribution is -0.385. The fourth-order valence-electron chi connectivity index (χ4n) is 2.17. The van der Waals surface area contributed by atoms with Gasteiger partial charge in [0.05, 0.1) is 17.1 Å². The molecular weight excluding hydrogens is 303 g/mol. The highest BCUT2D eigenvalue weighted by molar-refractivity contribution is 7.89. The molecule has 2 N–H and O–H groups in total. The number of nitrogens with one attached hydrogen (secondary N) is 1. The Bertz CT molecular complexity index is 689. The van der Waals surface area contributed by atoms with Gasteiger partial charge in [0.2, 0.25) is 10.0 Å². The van der Waals surface area contributed by atoms with Crippen molar-refractivity contribution < 1.29 is 22.8 Å². The second-order valence-corrected chi connectivity index (χ2v) is 7.30. The molecule has 0 aliphatic heterocycles. The molecule has 0 bridgehead atoms. The van der Waals surface area contributed by atoms with Crippen LogP contribution >= 0.6 is 0 Å². The number of sulfonamides is 1. The van der Waals surface area contributed by atoms with Gasteiger partial charge in [-0.25, -0.2) is 17.5 Å². The third-order valence-corrected chi connectivity index (χ3v) is 5.43. The Balaban J connectivity index is 2.27. The van der Waals surface area contributed by atoms with Crippen LogP contribution in [-0.2, 0) is 10.0 Å². The van der Waals surface area contributed by atoms with Crippen molar-refractivity contribution in [3.63, 3.8) is 0 Å². The lowest BCUT2D eigenvalue weighted by Gasteiger charge is -2.49. The molecule has 116 valence electrons. The zero-order valence-electron chi connectivity index (χ0n) is 11.4. The maximum Gasteiger partial charge on any atom is 0.272 e. The summed E-state index contributed by atoms with van der Waals surface area (Å²) in [5.41, 5.74) is -1.17. The van der Waals surface area contributed by atoms with Crippen LogP contribution in [0.4, 0.5) is 10.1 Å². The summed E-state index contributed by atoms with van der Waals surface area (Å²) in [7, 11) is -4.15. The smallest absolute Gasteiger partial charge is 0.272 e. The molecule has 0 heterocycles. The lowest BCUT2D eigenvalue weighted by Crippen LogP contribution is -2.61. The van der Waals surface area contributed by atoms with Gasteiger partial charge in [-0.1, -0.05) is 13.8 Å². The Hall–Kier alpha value is -1.58. The van der Waals surface area contributed by atoms with E-state index in [0.717, 1.165) is 12.1 Å². The van der Waals surface area contributed by atoms with Gasteiger partial charge >= 0.3 is 0 Å². The number of nitro benzene ring substituents is 1. The molecule has 0 aromatic heterocycles. The second kappa shape index (κ2) is 5.00. The Morgan fingerprint density at radius 2 is 2.10 bits per heavy atom. The molecule has 7 nitrogen and oxygen atoms in total. The number of hydrogen-bond acceptors (Lipinski definition) is 5. The molecule has 1 aliphatic rings. The van der Waals surface area contributed by atoms with E-state index in [2.05, 4.69) is 4.72 Å². The van der Waals surface area contributed by atoms with Crippen LogP contribution in [0.25, 0.3) is 0 Å². The minimum Gasteiger partial charge on any atom is -0.392 e. The molecule has 1 aliphatic carbocycles. The summed E-state index contributed by atoms with van der Waals surface area (Å²) in [6.45, 7) is 3.39. The first-order valence-corrected chi connectivity index (χ1v) is 7.68. The first kappa shape index (κ1) is 15.8. The van der Waals surface area contributed by atoms with Crippen LogP contribution < -0.4 is 4.72 Å². The van der Waals surface area contributed by atoms with Gasteiger partial charge in [0, 0.05) is 17.5 Å². The van der Waals surface area contributed by atoms with E-state index in [1.54, 1.807) is 13.8 Å². The predicted octanol–water partition coefficient (Wildman–Crippen LogP) is 1.17. The predicted molar refractivity (Wildman–Crippen MR) is 71.6 cm³/mol. The van der Waals surface area contributed by atoms with E-state index >= 15 is 0 Å². The van der Waals surface area contributed by atoms with E-state index in [1.165, 1.54) is 0 Å². The standard InChI is InChI=1S/C12H15FN2O5S/c1-12(2)10(6-11(12)16)14-21(19,20)9-4-3-7(15(17)18)5-8(9)13/h3-5,10-11,14,16H,6H2,1-2H3. The van der Waals surface area contributed by atoms with E-state index in [-0.39, 0.29) is 6.42 Å². The van der Waals surface area contributed by atoms with Crippen LogP contribution in [-0.4, -0.2) is 30.6 Å². The van der Waals surface area contributed by atoms with Gasteiger partial charge in [0.1, 0.15) is 10.7 Å². The van der Waals surface area contributed by atoms with Crippen molar-refractivity contribution in [3.8, 4) is 0 Å². The number of halogens is 1. The fourth-order valence-corrected chi connectivity index (χ4v) is 3.64. The number of non-ortho nitro benzene ring substituents is 1. The van der Waals surface area contributed by atoms with Crippen molar-refractivity contribution in [2.75, 3.05) is 0 Å². The molecule has 9 heteroatoms. The molecule has 1 fully saturated rings. The van der Waals surface area contributed by atoms with Crippen LogP contribution in [0.1, 0.15) is 20.3 Å². The van der Waals surface area contributed by atoms with Gasteiger partial charge in [0.15, 0.2) is 0 Å². The Morgan fingerprint density at radius 3 is 2.52 bits per heavy atom. The molecule has 0 spiro atoms. The van der Waals surface area contributed by atoms with Gasteiger partial charge in [-0.15, -0.1) is 0 Å². The monoisotopic (exact) mass is 318 g/mol. The average molecular weight is 318 g/mol. The third kappa shape index (κ3) is 2.76. The number of rotatable bonds is 4. The summed E-state index contributed by atoms with van der Waals surface area (Å²) >= 11 is 0. The van der Waals surface area contributed by atoms with E-state index in [4.69, 9.17) is 0 Å². The van der Waals surface area contributed by atoms with Gasteiger partial charge in [-0.05, 0) is 12.5 Å². The van der Waals surface area contributed by atoms with Crippen LogP contribution in [0.5, 0.6) is 0 Å². The Labute approximate surface area is 121 Å². The maximum atomic E-state index is 13.8. The van der Waals surface area contributed by atoms with E-state index in [9.17, 15) is 28.0 Å². The molecule has 21 heavy (non-hydrogen) atoms. The minimum atomic E-state index is -4.15. The first-order chi connectivity index (χ1) is 9.55. The van der Waals surface area contributed by atoms with Crippen molar-refractivity contribution in [2.24, 2.45) is 5.41 Å². The Kier molecular flexibility index (Phi) is 3.77.